The summed E-state index contributed by atoms with van der Waals surface area (Å²) in [5, 5.41) is 6.87. The number of nitrogens with zero attached hydrogens (tertiary/aromatic N) is 2. The molecule has 0 spiro atoms. The molecule has 1 amide bonds. The first kappa shape index (κ1) is 12.7. The molecule has 1 heterocycles. The van der Waals surface area contributed by atoms with Gasteiger partial charge >= 0.3 is 0 Å². The molecule has 90 valence electrons. The fourth-order valence-corrected chi connectivity index (χ4v) is 1.19. The third-order valence-corrected chi connectivity index (χ3v) is 1.99. The second-order valence-corrected chi connectivity index (χ2v) is 3.83. The van der Waals surface area contributed by atoms with Crippen LogP contribution in [-0.4, -0.2) is 34.9 Å². The van der Waals surface area contributed by atoms with Crippen molar-refractivity contribution < 1.29 is 9.53 Å². The van der Waals surface area contributed by atoms with Crippen molar-refractivity contribution in [2.24, 2.45) is 0 Å². The average Bonchev–Trinajstić information content (AvgIpc) is 2.74. The Morgan fingerprint density at radius 2 is 2.38 bits per heavy atom. The summed E-state index contributed by atoms with van der Waals surface area (Å²) in [7, 11) is 0. The monoisotopic (exact) mass is 225 g/mol. The summed E-state index contributed by atoms with van der Waals surface area (Å²) < 4.78 is 7.02. The van der Waals surface area contributed by atoms with Crippen LogP contribution in [0.4, 0.5) is 0 Å². The Labute approximate surface area is 95.8 Å². The first-order valence-corrected chi connectivity index (χ1v) is 5.54. The zero-order chi connectivity index (χ0) is 11.8. The number of aryl methyl sites for hydroxylation is 1. The van der Waals surface area contributed by atoms with Crippen molar-refractivity contribution in [1.82, 2.24) is 15.1 Å². The Morgan fingerprint density at radius 1 is 1.56 bits per heavy atom. The second-order valence-electron chi connectivity index (χ2n) is 3.83. The van der Waals surface area contributed by atoms with Crippen LogP contribution in [0.1, 0.15) is 20.3 Å². The Kier molecular flexibility index (Phi) is 5.56. The van der Waals surface area contributed by atoms with Crippen molar-refractivity contribution in [2.45, 2.75) is 32.9 Å². The van der Waals surface area contributed by atoms with Crippen LogP contribution < -0.4 is 5.32 Å². The molecule has 1 aromatic rings. The Morgan fingerprint density at radius 3 is 3.00 bits per heavy atom. The number of ether oxygens (including phenoxy) is 1. The number of nitrogens with one attached hydrogen (secondary N) is 1. The van der Waals surface area contributed by atoms with Gasteiger partial charge in [-0.1, -0.05) is 0 Å². The maximum atomic E-state index is 11.3. The molecule has 0 aliphatic rings. The van der Waals surface area contributed by atoms with Gasteiger partial charge in [0, 0.05) is 25.5 Å². The lowest BCUT2D eigenvalue weighted by Gasteiger charge is -2.08. The fraction of sp³-hybridized carbons (Fsp3) is 0.636. The van der Waals surface area contributed by atoms with Crippen molar-refractivity contribution >= 4 is 5.91 Å². The molecule has 0 unspecified atom stereocenters. The molecular weight excluding hydrogens is 206 g/mol. The third-order valence-electron chi connectivity index (χ3n) is 1.99. The van der Waals surface area contributed by atoms with Gasteiger partial charge in [-0.25, -0.2) is 0 Å². The van der Waals surface area contributed by atoms with Gasteiger partial charge in [-0.3, -0.25) is 9.48 Å². The van der Waals surface area contributed by atoms with Crippen molar-refractivity contribution in [3.05, 3.63) is 18.5 Å². The molecule has 1 N–H and O–H groups in total. The highest BCUT2D eigenvalue weighted by atomic mass is 16.5. The SMILES string of the molecule is CC(C)OCC(=O)NCCCn1cccn1. The first-order valence-electron chi connectivity index (χ1n) is 5.54. The average molecular weight is 225 g/mol. The molecule has 0 saturated carbocycles. The van der Waals surface area contributed by atoms with Gasteiger partial charge in [0.2, 0.25) is 5.91 Å². The molecule has 5 heteroatoms. The van der Waals surface area contributed by atoms with Crippen LogP contribution in [0, 0.1) is 0 Å². The van der Waals surface area contributed by atoms with Gasteiger partial charge in [0.25, 0.3) is 0 Å². The predicted molar refractivity (Wildman–Crippen MR) is 60.9 cm³/mol. The van der Waals surface area contributed by atoms with Gasteiger partial charge in [0.1, 0.15) is 6.61 Å². The quantitative estimate of drug-likeness (QED) is 0.699. The van der Waals surface area contributed by atoms with E-state index in [2.05, 4.69) is 10.4 Å². The van der Waals surface area contributed by atoms with Crippen LogP contribution in [0.3, 0.4) is 0 Å². The Hall–Kier alpha value is -1.36. The minimum absolute atomic E-state index is 0.0610. The van der Waals surface area contributed by atoms with E-state index in [0.717, 1.165) is 13.0 Å². The number of carbonyl (C=O) groups is 1. The van der Waals surface area contributed by atoms with E-state index in [1.165, 1.54) is 0 Å². The molecule has 1 rings (SSSR count). The maximum absolute atomic E-state index is 11.3. The van der Waals surface area contributed by atoms with Crippen LogP contribution in [0.25, 0.3) is 0 Å². The first-order chi connectivity index (χ1) is 7.68. The number of amides is 1. The summed E-state index contributed by atoms with van der Waals surface area (Å²) in [6.07, 6.45) is 4.61. The molecule has 0 atom stereocenters. The van der Waals surface area contributed by atoms with Crippen molar-refractivity contribution in [2.75, 3.05) is 13.2 Å². The summed E-state index contributed by atoms with van der Waals surface area (Å²) in [5.74, 6) is -0.0610. The van der Waals surface area contributed by atoms with E-state index >= 15 is 0 Å². The van der Waals surface area contributed by atoms with E-state index in [1.807, 2.05) is 30.8 Å². The standard InChI is InChI=1S/C11H19N3O2/c1-10(2)16-9-11(15)12-5-3-7-14-8-4-6-13-14/h4,6,8,10H,3,5,7,9H2,1-2H3,(H,12,15). The summed E-state index contributed by atoms with van der Waals surface area (Å²) in [6.45, 7) is 5.42. The van der Waals surface area contributed by atoms with Gasteiger partial charge in [0.05, 0.1) is 6.10 Å². The van der Waals surface area contributed by atoms with Crippen molar-refractivity contribution in [3.63, 3.8) is 0 Å². The molecule has 0 bridgehead atoms. The van der Waals surface area contributed by atoms with Gasteiger partial charge in [0.15, 0.2) is 0 Å². The van der Waals surface area contributed by atoms with E-state index in [0.29, 0.717) is 6.54 Å². The minimum Gasteiger partial charge on any atom is -0.369 e. The molecule has 1 aromatic heterocycles. The van der Waals surface area contributed by atoms with Crippen LogP contribution in [0.2, 0.25) is 0 Å². The highest BCUT2D eigenvalue weighted by Gasteiger charge is 2.02. The van der Waals surface area contributed by atoms with Gasteiger partial charge in [-0.2, -0.15) is 5.10 Å². The molecular formula is C11H19N3O2. The number of hydrogen-bond donors (Lipinski definition) is 1. The third kappa shape index (κ3) is 5.50. The molecule has 0 aliphatic carbocycles. The summed E-state index contributed by atoms with van der Waals surface area (Å²) in [4.78, 5) is 11.3. The lowest BCUT2D eigenvalue weighted by atomic mass is 10.4. The van der Waals surface area contributed by atoms with Crippen LogP contribution in [0.15, 0.2) is 18.5 Å². The van der Waals surface area contributed by atoms with Gasteiger partial charge < -0.3 is 10.1 Å². The number of aromatic nitrogens is 2. The van der Waals surface area contributed by atoms with Gasteiger partial charge in [-0.05, 0) is 26.3 Å². The van der Waals surface area contributed by atoms with Crippen LogP contribution in [0.5, 0.6) is 0 Å². The predicted octanol–water partition coefficient (Wildman–Crippen LogP) is 0.814. The van der Waals surface area contributed by atoms with E-state index in [-0.39, 0.29) is 18.6 Å². The molecule has 5 nitrogen and oxygen atoms in total. The number of rotatable bonds is 7. The van der Waals surface area contributed by atoms with Gasteiger partial charge in [-0.15, -0.1) is 0 Å². The van der Waals surface area contributed by atoms with Crippen molar-refractivity contribution in [3.8, 4) is 0 Å². The van der Waals surface area contributed by atoms with Crippen molar-refractivity contribution in [1.29, 1.82) is 0 Å². The zero-order valence-electron chi connectivity index (χ0n) is 9.85. The van der Waals surface area contributed by atoms with E-state index < -0.39 is 0 Å². The highest BCUT2D eigenvalue weighted by molar-refractivity contribution is 5.77. The topological polar surface area (TPSA) is 56.1 Å². The summed E-state index contributed by atoms with van der Waals surface area (Å²) in [5.41, 5.74) is 0. The molecule has 0 saturated heterocycles. The number of carbonyl (C=O) groups excluding carboxylic acids is 1. The summed E-state index contributed by atoms with van der Waals surface area (Å²) in [6, 6.07) is 1.88. The lowest BCUT2D eigenvalue weighted by molar-refractivity contribution is -0.127. The highest BCUT2D eigenvalue weighted by Crippen LogP contribution is 1.89. The Bertz CT molecular complexity index is 296. The summed E-state index contributed by atoms with van der Waals surface area (Å²) >= 11 is 0. The minimum atomic E-state index is -0.0610. The van der Waals surface area contributed by atoms with E-state index in [9.17, 15) is 4.79 Å². The smallest absolute Gasteiger partial charge is 0.246 e. The van der Waals surface area contributed by atoms with Crippen LogP contribution >= 0.6 is 0 Å². The molecule has 0 aromatic carbocycles. The Balaban J connectivity index is 2.00. The van der Waals surface area contributed by atoms with E-state index in [4.69, 9.17) is 4.74 Å². The number of hydrogen-bond acceptors (Lipinski definition) is 3. The largest absolute Gasteiger partial charge is 0.369 e. The molecule has 16 heavy (non-hydrogen) atoms. The lowest BCUT2D eigenvalue weighted by Crippen LogP contribution is -2.30. The molecule has 0 radical (unpaired) electrons. The maximum Gasteiger partial charge on any atom is 0.246 e. The van der Waals surface area contributed by atoms with Crippen LogP contribution in [-0.2, 0) is 16.1 Å². The fourth-order valence-electron chi connectivity index (χ4n) is 1.19. The van der Waals surface area contributed by atoms with E-state index in [1.54, 1.807) is 6.20 Å². The zero-order valence-corrected chi connectivity index (χ0v) is 9.85. The second kappa shape index (κ2) is 7.00. The molecule has 0 aliphatic heterocycles. The normalized spacial score (nSPS) is 10.7. The molecule has 0 fully saturated rings.